The van der Waals surface area contributed by atoms with E-state index in [-0.39, 0.29) is 18.2 Å². The number of rotatable bonds is 4. The second-order valence-corrected chi connectivity index (χ2v) is 8.20. The van der Waals surface area contributed by atoms with Crippen molar-refractivity contribution in [3.8, 4) is 0 Å². The van der Waals surface area contributed by atoms with Gasteiger partial charge in [-0.15, -0.1) is 0 Å². The molecule has 7 heteroatoms. The van der Waals surface area contributed by atoms with Crippen LogP contribution >= 0.6 is 0 Å². The Morgan fingerprint density at radius 2 is 2.18 bits per heavy atom. The van der Waals surface area contributed by atoms with Gasteiger partial charge in [-0.2, -0.15) is 0 Å². The lowest BCUT2D eigenvalue weighted by Crippen LogP contribution is -2.47. The van der Waals surface area contributed by atoms with Crippen LogP contribution in [0.1, 0.15) is 29.9 Å². The van der Waals surface area contributed by atoms with Gasteiger partial charge in [0.1, 0.15) is 11.5 Å². The molecule has 3 heterocycles. The van der Waals surface area contributed by atoms with Crippen molar-refractivity contribution < 1.29 is 17.6 Å². The van der Waals surface area contributed by atoms with Gasteiger partial charge in [-0.3, -0.25) is 4.90 Å². The van der Waals surface area contributed by atoms with E-state index in [0.29, 0.717) is 19.7 Å². The third-order valence-electron chi connectivity index (χ3n) is 4.57. The lowest BCUT2D eigenvalue weighted by Gasteiger charge is -2.32. The van der Waals surface area contributed by atoms with Crippen LogP contribution in [0.5, 0.6) is 0 Å². The Bertz CT molecular complexity index is 620. The molecule has 0 amide bonds. The summed E-state index contributed by atoms with van der Waals surface area (Å²) in [6, 6.07) is 2.13. The maximum atomic E-state index is 11.6. The van der Waals surface area contributed by atoms with Gasteiger partial charge >= 0.3 is 0 Å². The summed E-state index contributed by atoms with van der Waals surface area (Å²) in [5.74, 6) is 1.87. The summed E-state index contributed by atoms with van der Waals surface area (Å²) >= 11 is 0. The zero-order valence-electron chi connectivity index (χ0n) is 13.3. The molecule has 2 saturated heterocycles. The molecule has 3 rings (SSSR count). The monoisotopic (exact) mass is 328 g/mol. The van der Waals surface area contributed by atoms with Gasteiger partial charge in [0.15, 0.2) is 0 Å². The minimum Gasteiger partial charge on any atom is -0.465 e. The molecule has 3 atom stereocenters. The molecule has 2 aliphatic heterocycles. The first kappa shape index (κ1) is 16.0. The predicted octanol–water partition coefficient (Wildman–Crippen LogP) is 1.18. The summed E-state index contributed by atoms with van der Waals surface area (Å²) in [6.07, 6.45) is 3.18. The van der Waals surface area contributed by atoms with Crippen LogP contribution in [-0.4, -0.2) is 50.9 Å². The minimum absolute atomic E-state index is 0.0689. The van der Waals surface area contributed by atoms with E-state index in [1.807, 2.05) is 13.8 Å². The first-order valence-corrected chi connectivity index (χ1v) is 9.61. The van der Waals surface area contributed by atoms with E-state index in [1.54, 1.807) is 0 Å². The summed E-state index contributed by atoms with van der Waals surface area (Å²) in [6.45, 7) is 6.05. The number of sulfonamides is 1. The molecule has 6 nitrogen and oxygen atoms in total. The van der Waals surface area contributed by atoms with Crippen LogP contribution in [0.25, 0.3) is 0 Å². The highest BCUT2D eigenvalue weighted by molar-refractivity contribution is 7.88. The van der Waals surface area contributed by atoms with Gasteiger partial charge in [0, 0.05) is 19.2 Å². The lowest BCUT2D eigenvalue weighted by molar-refractivity contribution is -0.0201. The number of aryl methyl sites for hydroxylation is 2. The van der Waals surface area contributed by atoms with Crippen LogP contribution in [0, 0.1) is 13.8 Å². The van der Waals surface area contributed by atoms with Crippen LogP contribution in [0.2, 0.25) is 0 Å². The van der Waals surface area contributed by atoms with E-state index in [2.05, 4.69) is 15.7 Å². The van der Waals surface area contributed by atoms with Crippen molar-refractivity contribution in [2.24, 2.45) is 0 Å². The first-order valence-electron chi connectivity index (χ1n) is 7.72. The molecule has 124 valence electrons. The van der Waals surface area contributed by atoms with Gasteiger partial charge in [0.05, 0.1) is 24.9 Å². The number of likely N-dealkylation sites (tertiary alicyclic amines) is 1. The summed E-state index contributed by atoms with van der Waals surface area (Å²) in [4.78, 5) is 2.28. The fourth-order valence-corrected chi connectivity index (χ4v) is 4.30. The summed E-state index contributed by atoms with van der Waals surface area (Å²) in [5.41, 5.74) is 1.15. The topological polar surface area (TPSA) is 71.8 Å². The Morgan fingerprint density at radius 1 is 1.41 bits per heavy atom. The quantitative estimate of drug-likeness (QED) is 0.898. The standard InChI is InChI=1S/C15H24N2O4S/c1-10-7-12(21-11(10)2)8-17-9-13(16-22(3,18)19)15-14(17)5-4-6-20-15/h7,13-16H,4-6,8-9H2,1-3H3/t13-,14-,15-/m0/s1. The van der Waals surface area contributed by atoms with E-state index in [9.17, 15) is 8.42 Å². The van der Waals surface area contributed by atoms with Crippen LogP contribution in [0.3, 0.4) is 0 Å². The van der Waals surface area contributed by atoms with Gasteiger partial charge < -0.3 is 9.15 Å². The summed E-state index contributed by atoms with van der Waals surface area (Å²) < 4.78 is 37.5. The van der Waals surface area contributed by atoms with Crippen molar-refractivity contribution in [1.82, 2.24) is 9.62 Å². The van der Waals surface area contributed by atoms with Crippen molar-refractivity contribution in [3.63, 3.8) is 0 Å². The Hall–Kier alpha value is -0.890. The van der Waals surface area contributed by atoms with Gasteiger partial charge in [0.2, 0.25) is 10.0 Å². The van der Waals surface area contributed by atoms with E-state index in [1.165, 1.54) is 6.26 Å². The maximum absolute atomic E-state index is 11.6. The third kappa shape index (κ3) is 3.37. The van der Waals surface area contributed by atoms with E-state index < -0.39 is 10.0 Å². The molecule has 0 bridgehead atoms. The van der Waals surface area contributed by atoms with E-state index in [4.69, 9.17) is 9.15 Å². The average Bonchev–Trinajstić information content (AvgIpc) is 2.91. The van der Waals surface area contributed by atoms with Crippen molar-refractivity contribution in [2.75, 3.05) is 19.4 Å². The van der Waals surface area contributed by atoms with Crippen LogP contribution in [-0.2, 0) is 21.3 Å². The second-order valence-electron chi connectivity index (χ2n) is 6.42. The highest BCUT2D eigenvalue weighted by Gasteiger charge is 2.45. The third-order valence-corrected chi connectivity index (χ3v) is 5.30. The number of furan rings is 1. The molecular weight excluding hydrogens is 304 g/mol. The molecule has 0 radical (unpaired) electrons. The average molecular weight is 328 g/mol. The van der Waals surface area contributed by atoms with Gasteiger partial charge in [0.25, 0.3) is 0 Å². The minimum atomic E-state index is -3.24. The molecule has 1 aromatic heterocycles. The summed E-state index contributed by atoms with van der Waals surface area (Å²) in [5, 5.41) is 0. The van der Waals surface area contributed by atoms with E-state index in [0.717, 1.165) is 29.9 Å². The lowest BCUT2D eigenvalue weighted by atomic mass is 10.0. The largest absolute Gasteiger partial charge is 0.465 e. The molecule has 0 saturated carbocycles. The highest BCUT2D eigenvalue weighted by atomic mass is 32.2. The zero-order valence-corrected chi connectivity index (χ0v) is 14.1. The predicted molar refractivity (Wildman–Crippen MR) is 83.1 cm³/mol. The van der Waals surface area contributed by atoms with Crippen LogP contribution in [0.4, 0.5) is 0 Å². The number of hydrogen-bond donors (Lipinski definition) is 1. The molecular formula is C15H24N2O4S. The van der Waals surface area contributed by atoms with Crippen molar-refractivity contribution in [1.29, 1.82) is 0 Å². The Morgan fingerprint density at radius 3 is 2.82 bits per heavy atom. The second kappa shape index (κ2) is 5.96. The molecule has 0 aromatic carbocycles. The molecule has 2 fully saturated rings. The van der Waals surface area contributed by atoms with Crippen molar-refractivity contribution in [2.45, 2.75) is 51.4 Å². The Kier molecular flexibility index (Phi) is 4.33. The number of hydrogen-bond acceptors (Lipinski definition) is 5. The summed E-state index contributed by atoms with van der Waals surface area (Å²) in [7, 11) is -3.24. The Balaban J connectivity index is 1.76. The molecule has 2 aliphatic rings. The molecule has 0 aliphatic carbocycles. The molecule has 1 N–H and O–H groups in total. The SMILES string of the molecule is Cc1cc(CN2C[C@H](NS(C)(=O)=O)[C@@H]3OCCC[C@@H]32)oc1C. The number of fused-ring (bicyclic) bond motifs is 1. The maximum Gasteiger partial charge on any atom is 0.209 e. The molecule has 22 heavy (non-hydrogen) atoms. The zero-order chi connectivity index (χ0) is 15.9. The van der Waals surface area contributed by atoms with Gasteiger partial charge in [-0.1, -0.05) is 0 Å². The van der Waals surface area contributed by atoms with Crippen molar-refractivity contribution in [3.05, 3.63) is 23.2 Å². The van der Waals surface area contributed by atoms with Crippen LogP contribution < -0.4 is 4.72 Å². The van der Waals surface area contributed by atoms with Gasteiger partial charge in [-0.05, 0) is 38.3 Å². The molecule has 1 aromatic rings. The van der Waals surface area contributed by atoms with Crippen molar-refractivity contribution >= 4 is 10.0 Å². The molecule has 0 unspecified atom stereocenters. The fraction of sp³-hybridized carbons (Fsp3) is 0.733. The smallest absolute Gasteiger partial charge is 0.209 e. The Labute approximate surface area is 131 Å². The number of nitrogens with zero attached hydrogens (tertiary/aromatic N) is 1. The normalized spacial score (nSPS) is 29.7. The van der Waals surface area contributed by atoms with E-state index >= 15 is 0 Å². The van der Waals surface area contributed by atoms with Crippen LogP contribution in [0.15, 0.2) is 10.5 Å². The number of ether oxygens (including phenoxy) is 1. The number of nitrogens with one attached hydrogen (secondary N) is 1. The first-order chi connectivity index (χ1) is 10.3. The van der Waals surface area contributed by atoms with Gasteiger partial charge in [-0.25, -0.2) is 13.1 Å². The fourth-order valence-electron chi connectivity index (χ4n) is 3.54. The highest BCUT2D eigenvalue weighted by Crippen LogP contribution is 2.31. The molecule has 0 spiro atoms.